The molecule has 0 fully saturated rings. The number of hydrogen-bond donors (Lipinski definition) is 2. The van der Waals surface area contributed by atoms with Crippen molar-refractivity contribution in [3.05, 3.63) is 78.4 Å². The summed E-state index contributed by atoms with van der Waals surface area (Å²) in [5.74, 6) is 0.358. The molecule has 3 rings (SSSR count). The highest BCUT2D eigenvalue weighted by atomic mass is 16.5. The Hall–Kier alpha value is -3.41. The highest BCUT2D eigenvalue weighted by Crippen LogP contribution is 2.24. The summed E-state index contributed by atoms with van der Waals surface area (Å²) >= 11 is 0. The lowest BCUT2D eigenvalue weighted by Crippen LogP contribution is -2.14. The summed E-state index contributed by atoms with van der Waals surface area (Å²) in [5.41, 5.74) is 2.93. The van der Waals surface area contributed by atoms with E-state index in [-0.39, 0.29) is 5.91 Å². The molecule has 0 aliphatic heterocycles. The quantitative estimate of drug-likeness (QED) is 0.680. The third-order valence-corrected chi connectivity index (χ3v) is 3.68. The molecule has 0 spiro atoms. The summed E-state index contributed by atoms with van der Waals surface area (Å²) in [7, 11) is 0. The van der Waals surface area contributed by atoms with Crippen LogP contribution in [0.3, 0.4) is 0 Å². The van der Waals surface area contributed by atoms with Crippen molar-refractivity contribution in [3.63, 3.8) is 0 Å². The SMILES string of the molecule is CCOc1ccccc1NC(=O)c1ccc(NCc2ccncc2)cn1. The summed E-state index contributed by atoms with van der Waals surface area (Å²) < 4.78 is 5.52. The Morgan fingerprint density at radius 3 is 2.62 bits per heavy atom. The van der Waals surface area contributed by atoms with Crippen molar-refractivity contribution in [2.75, 3.05) is 17.2 Å². The van der Waals surface area contributed by atoms with Gasteiger partial charge >= 0.3 is 0 Å². The molecule has 132 valence electrons. The van der Waals surface area contributed by atoms with Crippen LogP contribution in [0.4, 0.5) is 11.4 Å². The largest absolute Gasteiger partial charge is 0.492 e. The fourth-order valence-electron chi connectivity index (χ4n) is 2.38. The number of ether oxygens (including phenoxy) is 1. The fourth-order valence-corrected chi connectivity index (χ4v) is 2.38. The van der Waals surface area contributed by atoms with Gasteiger partial charge in [-0.2, -0.15) is 0 Å². The molecule has 26 heavy (non-hydrogen) atoms. The number of anilines is 2. The molecule has 1 aromatic carbocycles. The van der Waals surface area contributed by atoms with Gasteiger partial charge in [0.25, 0.3) is 5.91 Å². The van der Waals surface area contributed by atoms with Crippen molar-refractivity contribution in [2.24, 2.45) is 0 Å². The summed E-state index contributed by atoms with van der Waals surface area (Å²) in [5, 5.41) is 6.10. The predicted molar refractivity (Wildman–Crippen MR) is 101 cm³/mol. The van der Waals surface area contributed by atoms with Crippen molar-refractivity contribution < 1.29 is 9.53 Å². The third kappa shape index (κ3) is 4.57. The van der Waals surface area contributed by atoms with Crippen LogP contribution in [0, 0.1) is 0 Å². The highest BCUT2D eigenvalue weighted by Gasteiger charge is 2.10. The van der Waals surface area contributed by atoms with E-state index in [0.717, 1.165) is 11.3 Å². The molecule has 0 bridgehead atoms. The van der Waals surface area contributed by atoms with Crippen LogP contribution in [0.2, 0.25) is 0 Å². The standard InChI is InChI=1S/C20H20N4O2/c1-2-26-19-6-4-3-5-17(19)24-20(25)18-8-7-16(14-23-18)22-13-15-9-11-21-12-10-15/h3-12,14,22H,2,13H2,1H3,(H,24,25). The lowest BCUT2D eigenvalue weighted by atomic mass is 10.2. The zero-order chi connectivity index (χ0) is 18.2. The van der Waals surface area contributed by atoms with E-state index in [1.54, 1.807) is 30.7 Å². The van der Waals surface area contributed by atoms with Crippen LogP contribution in [-0.2, 0) is 6.54 Å². The highest BCUT2D eigenvalue weighted by molar-refractivity contribution is 6.03. The number of benzene rings is 1. The Morgan fingerprint density at radius 2 is 1.88 bits per heavy atom. The molecule has 0 aliphatic rings. The van der Waals surface area contributed by atoms with Crippen molar-refractivity contribution >= 4 is 17.3 Å². The predicted octanol–water partition coefficient (Wildman–Crippen LogP) is 3.74. The number of amides is 1. The first-order chi connectivity index (χ1) is 12.8. The number of carbonyl (C=O) groups excluding carboxylic acids is 1. The first-order valence-electron chi connectivity index (χ1n) is 8.38. The van der Waals surface area contributed by atoms with Gasteiger partial charge in [-0.25, -0.2) is 4.98 Å². The first kappa shape index (κ1) is 17.4. The summed E-state index contributed by atoms with van der Waals surface area (Å²) in [4.78, 5) is 20.6. The minimum absolute atomic E-state index is 0.280. The molecular formula is C20H20N4O2. The van der Waals surface area contributed by atoms with E-state index in [1.165, 1.54) is 0 Å². The Bertz CT molecular complexity index is 851. The molecule has 6 nitrogen and oxygen atoms in total. The normalized spacial score (nSPS) is 10.2. The molecule has 0 aliphatic carbocycles. The molecule has 2 N–H and O–H groups in total. The Morgan fingerprint density at radius 1 is 1.08 bits per heavy atom. The van der Waals surface area contributed by atoms with E-state index >= 15 is 0 Å². The van der Waals surface area contributed by atoms with Gasteiger partial charge in [0, 0.05) is 18.9 Å². The number of rotatable bonds is 7. The molecule has 0 saturated carbocycles. The second-order valence-electron chi connectivity index (χ2n) is 5.52. The van der Waals surface area contributed by atoms with E-state index in [1.807, 2.05) is 43.3 Å². The number of pyridine rings is 2. The van der Waals surface area contributed by atoms with Gasteiger partial charge in [0.05, 0.1) is 24.2 Å². The van der Waals surface area contributed by atoms with Gasteiger partial charge < -0.3 is 15.4 Å². The zero-order valence-electron chi connectivity index (χ0n) is 14.5. The number of hydrogen-bond acceptors (Lipinski definition) is 5. The number of para-hydroxylation sites is 2. The smallest absolute Gasteiger partial charge is 0.274 e. The molecule has 0 saturated heterocycles. The summed E-state index contributed by atoms with van der Waals surface area (Å²) in [6.45, 7) is 3.10. The maximum Gasteiger partial charge on any atom is 0.274 e. The van der Waals surface area contributed by atoms with Gasteiger partial charge in [-0.05, 0) is 48.9 Å². The fraction of sp³-hybridized carbons (Fsp3) is 0.150. The van der Waals surface area contributed by atoms with Crippen molar-refractivity contribution in [2.45, 2.75) is 13.5 Å². The van der Waals surface area contributed by atoms with Crippen LogP contribution in [0.15, 0.2) is 67.1 Å². The van der Waals surface area contributed by atoms with Gasteiger partial charge in [0.2, 0.25) is 0 Å². The lowest BCUT2D eigenvalue weighted by molar-refractivity contribution is 0.102. The van der Waals surface area contributed by atoms with E-state index in [4.69, 9.17) is 4.74 Å². The Kier molecular flexibility index (Phi) is 5.77. The monoisotopic (exact) mass is 348 g/mol. The number of nitrogens with zero attached hydrogens (tertiary/aromatic N) is 2. The molecule has 1 amide bonds. The minimum atomic E-state index is -0.280. The molecule has 0 radical (unpaired) electrons. The van der Waals surface area contributed by atoms with Crippen molar-refractivity contribution in [3.8, 4) is 5.75 Å². The topological polar surface area (TPSA) is 76.1 Å². The maximum atomic E-state index is 12.4. The Balaban J connectivity index is 1.62. The van der Waals surface area contributed by atoms with Gasteiger partial charge in [-0.1, -0.05) is 12.1 Å². The van der Waals surface area contributed by atoms with Gasteiger partial charge in [-0.3, -0.25) is 9.78 Å². The number of nitrogens with one attached hydrogen (secondary N) is 2. The molecule has 0 atom stereocenters. The lowest BCUT2D eigenvalue weighted by Gasteiger charge is -2.11. The summed E-state index contributed by atoms with van der Waals surface area (Å²) in [6, 6.07) is 14.7. The molecule has 6 heteroatoms. The zero-order valence-corrected chi connectivity index (χ0v) is 14.5. The van der Waals surface area contributed by atoms with Gasteiger partial charge in [-0.15, -0.1) is 0 Å². The van der Waals surface area contributed by atoms with Crippen LogP contribution >= 0.6 is 0 Å². The van der Waals surface area contributed by atoms with E-state index in [2.05, 4.69) is 20.6 Å². The van der Waals surface area contributed by atoms with Crippen molar-refractivity contribution in [1.82, 2.24) is 9.97 Å². The Labute approximate surface area is 152 Å². The second kappa shape index (κ2) is 8.62. The van der Waals surface area contributed by atoms with E-state index in [9.17, 15) is 4.79 Å². The van der Waals surface area contributed by atoms with Gasteiger partial charge in [0.15, 0.2) is 0 Å². The third-order valence-electron chi connectivity index (χ3n) is 3.68. The van der Waals surface area contributed by atoms with Crippen LogP contribution in [-0.4, -0.2) is 22.5 Å². The van der Waals surface area contributed by atoms with Crippen LogP contribution < -0.4 is 15.4 Å². The summed E-state index contributed by atoms with van der Waals surface area (Å²) in [6.07, 6.45) is 5.15. The van der Waals surface area contributed by atoms with Crippen LogP contribution in [0.1, 0.15) is 23.0 Å². The maximum absolute atomic E-state index is 12.4. The molecule has 2 heterocycles. The average molecular weight is 348 g/mol. The van der Waals surface area contributed by atoms with E-state index in [0.29, 0.717) is 30.3 Å². The first-order valence-corrected chi connectivity index (χ1v) is 8.38. The second-order valence-corrected chi connectivity index (χ2v) is 5.52. The van der Waals surface area contributed by atoms with E-state index < -0.39 is 0 Å². The average Bonchev–Trinajstić information content (AvgIpc) is 2.69. The number of aromatic nitrogens is 2. The van der Waals surface area contributed by atoms with Crippen molar-refractivity contribution in [1.29, 1.82) is 0 Å². The van der Waals surface area contributed by atoms with Crippen LogP contribution in [0.5, 0.6) is 5.75 Å². The molecule has 2 aromatic heterocycles. The van der Waals surface area contributed by atoms with Gasteiger partial charge in [0.1, 0.15) is 11.4 Å². The molecule has 3 aromatic rings. The number of carbonyl (C=O) groups is 1. The van der Waals surface area contributed by atoms with Crippen LogP contribution in [0.25, 0.3) is 0 Å². The molecule has 0 unspecified atom stereocenters. The molecular weight excluding hydrogens is 328 g/mol. The minimum Gasteiger partial charge on any atom is -0.492 e.